The van der Waals surface area contributed by atoms with Crippen molar-refractivity contribution in [3.05, 3.63) is 96.3 Å². The van der Waals surface area contributed by atoms with E-state index in [1.807, 2.05) is 60.7 Å². The maximum atomic E-state index is 13.9. The molecule has 0 bridgehead atoms. The number of nitrogens with zero attached hydrogens (tertiary/aromatic N) is 1. The van der Waals surface area contributed by atoms with Crippen molar-refractivity contribution in [2.75, 3.05) is 5.32 Å². The van der Waals surface area contributed by atoms with Crippen LogP contribution in [0.4, 0.5) is 9.52 Å². The van der Waals surface area contributed by atoms with Crippen LogP contribution in [-0.4, -0.2) is 10.9 Å². The average molecular weight is 374 g/mol. The lowest BCUT2D eigenvalue weighted by molar-refractivity contribution is 0.102. The first kappa shape index (κ1) is 17.1. The zero-order valence-corrected chi connectivity index (χ0v) is 15.0. The molecule has 0 aliphatic heterocycles. The van der Waals surface area contributed by atoms with Crippen molar-refractivity contribution in [3.8, 4) is 21.7 Å². The summed E-state index contributed by atoms with van der Waals surface area (Å²) in [6.07, 6.45) is 0. The van der Waals surface area contributed by atoms with Crippen molar-refractivity contribution < 1.29 is 9.18 Å². The number of anilines is 1. The highest BCUT2D eigenvalue weighted by atomic mass is 32.1. The van der Waals surface area contributed by atoms with E-state index in [1.165, 1.54) is 23.5 Å². The summed E-state index contributed by atoms with van der Waals surface area (Å²) >= 11 is 1.37. The molecule has 1 N–H and O–H groups in total. The number of benzene rings is 3. The summed E-state index contributed by atoms with van der Waals surface area (Å²) in [7, 11) is 0. The molecule has 4 rings (SSSR count). The lowest BCUT2D eigenvalue weighted by atomic mass is 10.1. The zero-order valence-electron chi connectivity index (χ0n) is 14.2. The van der Waals surface area contributed by atoms with E-state index in [0.717, 1.165) is 21.7 Å². The quantitative estimate of drug-likeness (QED) is 0.485. The molecular formula is C22H15FN2OS. The van der Waals surface area contributed by atoms with Crippen LogP contribution in [-0.2, 0) is 0 Å². The first-order chi connectivity index (χ1) is 13.2. The molecule has 0 unspecified atom stereocenters. The van der Waals surface area contributed by atoms with E-state index in [9.17, 15) is 9.18 Å². The Hall–Kier alpha value is -3.31. The highest BCUT2D eigenvalue weighted by molar-refractivity contribution is 7.19. The van der Waals surface area contributed by atoms with Crippen molar-refractivity contribution in [2.45, 2.75) is 0 Å². The smallest absolute Gasteiger partial charge is 0.260 e. The Kier molecular flexibility index (Phi) is 4.77. The molecule has 3 aromatic carbocycles. The van der Waals surface area contributed by atoms with Crippen molar-refractivity contribution >= 4 is 22.4 Å². The third-order valence-corrected chi connectivity index (χ3v) is 5.07. The zero-order chi connectivity index (χ0) is 18.6. The number of rotatable bonds is 4. The molecule has 3 nitrogen and oxygen atoms in total. The molecular weight excluding hydrogens is 359 g/mol. The normalized spacial score (nSPS) is 10.6. The lowest BCUT2D eigenvalue weighted by Gasteiger charge is -2.02. The predicted molar refractivity (Wildman–Crippen MR) is 107 cm³/mol. The van der Waals surface area contributed by atoms with Gasteiger partial charge in [0.1, 0.15) is 5.82 Å². The number of thiazole rings is 1. The Morgan fingerprint density at radius 1 is 0.815 bits per heavy atom. The molecule has 1 amide bonds. The topological polar surface area (TPSA) is 42.0 Å². The second-order valence-corrected chi connectivity index (χ2v) is 6.86. The van der Waals surface area contributed by atoms with E-state index in [-0.39, 0.29) is 5.56 Å². The van der Waals surface area contributed by atoms with Gasteiger partial charge in [-0.15, -0.1) is 0 Å². The van der Waals surface area contributed by atoms with Crippen LogP contribution in [0.25, 0.3) is 21.7 Å². The van der Waals surface area contributed by atoms with Gasteiger partial charge in [-0.25, -0.2) is 9.37 Å². The van der Waals surface area contributed by atoms with Crippen LogP contribution in [0.15, 0.2) is 84.9 Å². The van der Waals surface area contributed by atoms with Gasteiger partial charge < -0.3 is 0 Å². The van der Waals surface area contributed by atoms with Gasteiger partial charge in [0.2, 0.25) is 0 Å². The van der Waals surface area contributed by atoms with Crippen LogP contribution in [0.3, 0.4) is 0 Å². The Morgan fingerprint density at radius 2 is 1.41 bits per heavy atom. The molecule has 0 spiro atoms. The van der Waals surface area contributed by atoms with Gasteiger partial charge in [0.25, 0.3) is 5.91 Å². The summed E-state index contributed by atoms with van der Waals surface area (Å²) in [4.78, 5) is 18.0. The van der Waals surface area contributed by atoms with Gasteiger partial charge in [-0.3, -0.25) is 10.1 Å². The number of nitrogens with one attached hydrogen (secondary N) is 1. The second kappa shape index (κ2) is 7.51. The summed E-state index contributed by atoms with van der Waals surface area (Å²) < 4.78 is 13.9. The highest BCUT2D eigenvalue weighted by Crippen LogP contribution is 2.39. The molecule has 0 aliphatic carbocycles. The molecule has 132 valence electrons. The van der Waals surface area contributed by atoms with Crippen molar-refractivity contribution in [1.82, 2.24) is 4.98 Å². The van der Waals surface area contributed by atoms with E-state index in [2.05, 4.69) is 10.3 Å². The van der Waals surface area contributed by atoms with E-state index >= 15 is 0 Å². The molecule has 0 saturated heterocycles. The second-order valence-electron chi connectivity index (χ2n) is 5.86. The van der Waals surface area contributed by atoms with Crippen molar-refractivity contribution in [2.24, 2.45) is 0 Å². The van der Waals surface area contributed by atoms with E-state index in [4.69, 9.17) is 0 Å². The number of aromatic nitrogens is 1. The third kappa shape index (κ3) is 3.64. The monoisotopic (exact) mass is 374 g/mol. The fourth-order valence-corrected chi connectivity index (χ4v) is 3.75. The molecule has 0 radical (unpaired) electrons. The molecule has 1 aromatic heterocycles. The molecule has 0 fully saturated rings. The van der Waals surface area contributed by atoms with Crippen LogP contribution >= 0.6 is 11.3 Å². The highest BCUT2D eigenvalue weighted by Gasteiger charge is 2.18. The molecule has 0 aliphatic rings. The minimum atomic E-state index is -0.557. The lowest BCUT2D eigenvalue weighted by Crippen LogP contribution is -2.13. The van der Waals surface area contributed by atoms with Gasteiger partial charge >= 0.3 is 0 Å². The Labute approximate surface area is 160 Å². The van der Waals surface area contributed by atoms with Gasteiger partial charge in [0.05, 0.1) is 16.1 Å². The standard InChI is InChI=1S/C22H15FN2OS/c23-18-14-8-7-13-17(18)21(26)25-22-24-19(15-9-3-1-4-10-15)20(27-22)16-11-5-2-6-12-16/h1-14H,(H,24,25,26). The van der Waals surface area contributed by atoms with E-state index in [0.29, 0.717) is 5.13 Å². The Bertz CT molecular complexity index is 1020. The fourth-order valence-electron chi connectivity index (χ4n) is 2.76. The molecule has 0 saturated carbocycles. The minimum Gasteiger partial charge on any atom is -0.298 e. The summed E-state index contributed by atoms with van der Waals surface area (Å²) in [5, 5.41) is 3.16. The maximum absolute atomic E-state index is 13.9. The summed E-state index contributed by atoms with van der Waals surface area (Å²) in [5.41, 5.74) is 2.75. The van der Waals surface area contributed by atoms with Crippen LogP contribution in [0.2, 0.25) is 0 Å². The van der Waals surface area contributed by atoms with Crippen LogP contribution in [0, 0.1) is 5.82 Å². The average Bonchev–Trinajstić information content (AvgIpc) is 3.13. The van der Waals surface area contributed by atoms with E-state index in [1.54, 1.807) is 12.1 Å². The molecule has 0 atom stereocenters. The molecule has 4 aromatic rings. The summed E-state index contributed by atoms with van der Waals surface area (Å²) in [6, 6.07) is 25.6. The first-order valence-corrected chi connectivity index (χ1v) is 9.21. The first-order valence-electron chi connectivity index (χ1n) is 8.40. The van der Waals surface area contributed by atoms with E-state index < -0.39 is 11.7 Å². The number of carbonyl (C=O) groups excluding carboxylic acids is 1. The van der Waals surface area contributed by atoms with Crippen molar-refractivity contribution in [3.63, 3.8) is 0 Å². The van der Waals surface area contributed by atoms with Crippen molar-refractivity contribution in [1.29, 1.82) is 0 Å². The fraction of sp³-hybridized carbons (Fsp3) is 0. The van der Waals surface area contributed by atoms with Crippen LogP contribution in [0.5, 0.6) is 0 Å². The Balaban J connectivity index is 1.74. The molecule has 27 heavy (non-hydrogen) atoms. The summed E-state index contributed by atoms with van der Waals surface area (Å²) in [5.74, 6) is -1.07. The molecule has 5 heteroatoms. The van der Waals surface area contributed by atoms with Gasteiger partial charge in [0, 0.05) is 5.56 Å². The third-order valence-electron chi connectivity index (χ3n) is 4.05. The maximum Gasteiger partial charge on any atom is 0.260 e. The van der Waals surface area contributed by atoms with Gasteiger partial charge in [-0.2, -0.15) is 0 Å². The largest absolute Gasteiger partial charge is 0.298 e. The SMILES string of the molecule is O=C(Nc1nc(-c2ccccc2)c(-c2ccccc2)s1)c1ccccc1F. The van der Waals surface area contributed by atoms with Gasteiger partial charge in [-0.05, 0) is 17.7 Å². The predicted octanol–water partition coefficient (Wildman–Crippen LogP) is 5.87. The number of hydrogen-bond acceptors (Lipinski definition) is 3. The molecule has 1 heterocycles. The minimum absolute atomic E-state index is 0.00442. The van der Waals surface area contributed by atoms with Crippen LogP contribution < -0.4 is 5.32 Å². The Morgan fingerprint density at radius 3 is 2.07 bits per heavy atom. The number of carbonyl (C=O) groups is 1. The number of halogens is 1. The van der Waals surface area contributed by atoms with Gasteiger partial charge in [-0.1, -0.05) is 84.1 Å². The van der Waals surface area contributed by atoms with Gasteiger partial charge in [0.15, 0.2) is 5.13 Å². The number of hydrogen-bond donors (Lipinski definition) is 1. The summed E-state index contributed by atoms with van der Waals surface area (Å²) in [6.45, 7) is 0. The van der Waals surface area contributed by atoms with Crippen LogP contribution in [0.1, 0.15) is 10.4 Å². The number of amides is 1.